The van der Waals surface area contributed by atoms with Crippen molar-refractivity contribution in [1.82, 2.24) is 25.0 Å². The van der Waals surface area contributed by atoms with Crippen LogP contribution in [-0.2, 0) is 0 Å². The molecule has 2 N–H and O–H groups in total. The van der Waals surface area contributed by atoms with E-state index in [0.29, 0.717) is 11.6 Å². The topological polar surface area (TPSA) is 82.5 Å². The first-order chi connectivity index (χ1) is 6.66. The molecule has 0 spiro atoms. The Hall–Kier alpha value is -1.98. The molecule has 0 saturated carbocycles. The van der Waals surface area contributed by atoms with Crippen LogP contribution in [0.2, 0.25) is 0 Å². The van der Waals surface area contributed by atoms with Crippen molar-refractivity contribution >= 4 is 5.69 Å². The van der Waals surface area contributed by atoms with Gasteiger partial charge in [0.15, 0.2) is 0 Å². The summed E-state index contributed by atoms with van der Waals surface area (Å²) >= 11 is 0. The fourth-order valence-electron chi connectivity index (χ4n) is 0.989. The molecular formula is C8H10N6. The van der Waals surface area contributed by atoms with Crippen molar-refractivity contribution in [2.24, 2.45) is 0 Å². The number of aryl methyl sites for hydroxylation is 2. The third-order valence-electron chi connectivity index (χ3n) is 1.89. The standard InChI is InChI=1S/C8H10N6/c1-5-6(2)12-13-8(11-5)14-4-7(9)3-10-14/h3-4H,9H2,1-2H3. The molecule has 2 heterocycles. The van der Waals surface area contributed by atoms with E-state index in [0.717, 1.165) is 11.4 Å². The van der Waals surface area contributed by atoms with Crippen molar-refractivity contribution in [1.29, 1.82) is 0 Å². The highest BCUT2D eigenvalue weighted by Gasteiger charge is 2.04. The molecule has 0 aliphatic rings. The van der Waals surface area contributed by atoms with E-state index in [-0.39, 0.29) is 0 Å². The molecule has 0 aromatic carbocycles. The van der Waals surface area contributed by atoms with E-state index in [1.807, 2.05) is 13.8 Å². The summed E-state index contributed by atoms with van der Waals surface area (Å²) in [5, 5.41) is 11.8. The molecular weight excluding hydrogens is 180 g/mol. The molecule has 0 bridgehead atoms. The summed E-state index contributed by atoms with van der Waals surface area (Å²) in [5.74, 6) is 0.435. The third-order valence-corrected chi connectivity index (χ3v) is 1.89. The van der Waals surface area contributed by atoms with Crippen LogP contribution in [0.3, 0.4) is 0 Å². The van der Waals surface area contributed by atoms with Crippen LogP contribution < -0.4 is 5.73 Å². The number of nitrogen functional groups attached to an aromatic ring is 1. The van der Waals surface area contributed by atoms with E-state index in [1.165, 1.54) is 4.68 Å². The molecule has 72 valence electrons. The Morgan fingerprint density at radius 3 is 2.57 bits per heavy atom. The van der Waals surface area contributed by atoms with E-state index < -0.39 is 0 Å². The molecule has 6 nitrogen and oxygen atoms in total. The summed E-state index contributed by atoms with van der Waals surface area (Å²) in [6, 6.07) is 0. The summed E-state index contributed by atoms with van der Waals surface area (Å²) in [6.45, 7) is 3.73. The number of nitrogens with two attached hydrogens (primary N) is 1. The van der Waals surface area contributed by atoms with Crippen LogP contribution in [0.15, 0.2) is 12.4 Å². The number of hydrogen-bond acceptors (Lipinski definition) is 5. The second-order valence-electron chi connectivity index (χ2n) is 3.00. The smallest absolute Gasteiger partial charge is 0.270 e. The molecule has 0 radical (unpaired) electrons. The Kier molecular flexibility index (Phi) is 1.88. The van der Waals surface area contributed by atoms with Crippen LogP contribution in [0.25, 0.3) is 5.95 Å². The highest BCUT2D eigenvalue weighted by molar-refractivity contribution is 5.33. The van der Waals surface area contributed by atoms with Gasteiger partial charge in [-0.25, -0.2) is 9.67 Å². The highest BCUT2D eigenvalue weighted by atomic mass is 15.4. The molecule has 0 saturated heterocycles. The lowest BCUT2D eigenvalue weighted by Crippen LogP contribution is -2.06. The van der Waals surface area contributed by atoms with E-state index in [1.54, 1.807) is 12.4 Å². The highest BCUT2D eigenvalue weighted by Crippen LogP contribution is 2.05. The monoisotopic (exact) mass is 190 g/mol. The molecule has 0 amide bonds. The van der Waals surface area contributed by atoms with Crippen LogP contribution in [-0.4, -0.2) is 25.0 Å². The van der Waals surface area contributed by atoms with Crippen molar-refractivity contribution in [2.75, 3.05) is 5.73 Å². The summed E-state index contributed by atoms with van der Waals surface area (Å²) in [7, 11) is 0. The largest absolute Gasteiger partial charge is 0.396 e. The zero-order valence-corrected chi connectivity index (χ0v) is 7.97. The van der Waals surface area contributed by atoms with E-state index in [9.17, 15) is 0 Å². The molecule has 0 atom stereocenters. The minimum Gasteiger partial charge on any atom is -0.396 e. The average molecular weight is 190 g/mol. The zero-order chi connectivity index (χ0) is 10.1. The number of hydrogen-bond donors (Lipinski definition) is 1. The molecule has 0 aliphatic heterocycles. The molecule has 0 aliphatic carbocycles. The lowest BCUT2D eigenvalue weighted by molar-refractivity contribution is 0.752. The summed E-state index contributed by atoms with van der Waals surface area (Å²) < 4.78 is 1.49. The summed E-state index contributed by atoms with van der Waals surface area (Å²) in [6.07, 6.45) is 3.18. The zero-order valence-electron chi connectivity index (χ0n) is 7.97. The van der Waals surface area contributed by atoms with Crippen LogP contribution in [0.1, 0.15) is 11.4 Å². The Morgan fingerprint density at radius 1 is 1.21 bits per heavy atom. The lowest BCUT2D eigenvalue weighted by atomic mass is 10.4. The van der Waals surface area contributed by atoms with Crippen LogP contribution in [0.5, 0.6) is 0 Å². The van der Waals surface area contributed by atoms with Gasteiger partial charge in [-0.05, 0) is 13.8 Å². The number of aromatic nitrogens is 5. The molecule has 6 heteroatoms. The van der Waals surface area contributed by atoms with Crippen LogP contribution in [0.4, 0.5) is 5.69 Å². The second-order valence-corrected chi connectivity index (χ2v) is 3.00. The third kappa shape index (κ3) is 1.41. The summed E-state index contributed by atoms with van der Waals surface area (Å²) in [4.78, 5) is 4.23. The molecule has 2 aromatic heterocycles. The first-order valence-corrected chi connectivity index (χ1v) is 4.15. The van der Waals surface area contributed by atoms with Crippen molar-refractivity contribution in [3.63, 3.8) is 0 Å². The van der Waals surface area contributed by atoms with Gasteiger partial charge in [-0.1, -0.05) is 0 Å². The van der Waals surface area contributed by atoms with Gasteiger partial charge in [-0.3, -0.25) is 0 Å². The lowest BCUT2D eigenvalue weighted by Gasteiger charge is -2.00. The Labute approximate surface area is 80.8 Å². The molecule has 0 unspecified atom stereocenters. The van der Waals surface area contributed by atoms with Gasteiger partial charge in [0, 0.05) is 0 Å². The molecule has 14 heavy (non-hydrogen) atoms. The average Bonchev–Trinajstić information content (AvgIpc) is 2.57. The maximum Gasteiger partial charge on any atom is 0.270 e. The minimum atomic E-state index is 0.435. The molecule has 2 aromatic rings. The fraction of sp³-hybridized carbons (Fsp3) is 0.250. The van der Waals surface area contributed by atoms with E-state index in [4.69, 9.17) is 5.73 Å². The maximum atomic E-state index is 5.52. The van der Waals surface area contributed by atoms with Gasteiger partial charge in [-0.15, -0.1) is 5.10 Å². The Bertz CT molecular complexity index is 461. The molecule has 2 rings (SSSR count). The number of rotatable bonds is 1. The maximum absolute atomic E-state index is 5.52. The van der Waals surface area contributed by atoms with Crippen molar-refractivity contribution in [2.45, 2.75) is 13.8 Å². The van der Waals surface area contributed by atoms with Gasteiger partial charge in [0.25, 0.3) is 5.95 Å². The fourth-order valence-corrected chi connectivity index (χ4v) is 0.989. The van der Waals surface area contributed by atoms with E-state index in [2.05, 4.69) is 20.3 Å². The molecule has 0 fully saturated rings. The predicted molar refractivity (Wildman–Crippen MR) is 50.8 cm³/mol. The van der Waals surface area contributed by atoms with Gasteiger partial charge in [0.1, 0.15) is 0 Å². The Morgan fingerprint density at radius 2 is 2.00 bits per heavy atom. The van der Waals surface area contributed by atoms with Crippen LogP contribution in [0, 0.1) is 13.8 Å². The van der Waals surface area contributed by atoms with Crippen LogP contribution >= 0.6 is 0 Å². The predicted octanol–water partition coefficient (Wildman–Crippen LogP) is 0.256. The van der Waals surface area contributed by atoms with Gasteiger partial charge in [0.2, 0.25) is 0 Å². The Balaban J connectivity index is 2.47. The SMILES string of the molecule is Cc1nnc(-n2cc(N)cn2)nc1C. The van der Waals surface area contributed by atoms with Gasteiger partial charge in [0.05, 0.1) is 29.5 Å². The first-order valence-electron chi connectivity index (χ1n) is 4.15. The first kappa shape index (κ1) is 8.61. The quantitative estimate of drug-likeness (QED) is 0.697. The van der Waals surface area contributed by atoms with Crippen molar-refractivity contribution in [3.8, 4) is 5.95 Å². The van der Waals surface area contributed by atoms with E-state index >= 15 is 0 Å². The van der Waals surface area contributed by atoms with Crippen molar-refractivity contribution < 1.29 is 0 Å². The number of nitrogens with zero attached hydrogens (tertiary/aromatic N) is 5. The minimum absolute atomic E-state index is 0.435. The second kappa shape index (κ2) is 3.06. The van der Waals surface area contributed by atoms with Gasteiger partial charge >= 0.3 is 0 Å². The van der Waals surface area contributed by atoms with Crippen molar-refractivity contribution in [3.05, 3.63) is 23.8 Å². The number of anilines is 1. The normalized spacial score (nSPS) is 10.4. The summed E-state index contributed by atoms with van der Waals surface area (Å²) in [5.41, 5.74) is 7.75. The van der Waals surface area contributed by atoms with Gasteiger partial charge < -0.3 is 5.73 Å². The van der Waals surface area contributed by atoms with Gasteiger partial charge in [-0.2, -0.15) is 10.2 Å².